The third kappa shape index (κ3) is 3.88. The molecule has 0 aliphatic rings. The largest absolute Gasteiger partial charge is 0.469 e. The lowest BCUT2D eigenvalue weighted by atomic mass is 10.1. The Hall–Kier alpha value is -3.61. The Morgan fingerprint density at radius 3 is 2.25 bits per heavy atom. The molecule has 0 aliphatic heterocycles. The van der Waals surface area contributed by atoms with Gasteiger partial charge in [-0.1, -0.05) is 12.1 Å². The van der Waals surface area contributed by atoms with Crippen LogP contribution in [0.1, 0.15) is 23.2 Å². The highest BCUT2D eigenvalue weighted by Gasteiger charge is 2.12. The third-order valence-corrected chi connectivity index (χ3v) is 4.56. The lowest BCUT2D eigenvalue weighted by Gasteiger charge is -2.06. The van der Waals surface area contributed by atoms with Gasteiger partial charge in [-0.2, -0.15) is 0 Å². The van der Waals surface area contributed by atoms with Crippen molar-refractivity contribution in [2.24, 2.45) is 5.73 Å². The summed E-state index contributed by atoms with van der Waals surface area (Å²) in [4.78, 5) is 24.2. The summed E-state index contributed by atoms with van der Waals surface area (Å²) in [6, 6.07) is 14.5. The second-order valence-corrected chi connectivity index (χ2v) is 6.46. The molecule has 0 amide bonds. The quantitative estimate of drug-likeness (QED) is 0.390. The van der Waals surface area contributed by atoms with Gasteiger partial charge in [0.25, 0.3) is 0 Å². The summed E-state index contributed by atoms with van der Waals surface area (Å²) in [6.45, 7) is 1.86. The van der Waals surface area contributed by atoms with Crippen molar-refractivity contribution in [2.75, 3.05) is 7.11 Å². The van der Waals surface area contributed by atoms with Crippen molar-refractivity contribution in [3.8, 4) is 11.4 Å². The number of hydrogen-bond donors (Lipinski definition) is 2. The minimum Gasteiger partial charge on any atom is -0.469 e. The number of nitrogen functional groups attached to an aromatic ring is 1. The average Bonchev–Trinajstić information content (AvgIpc) is 3.00. The number of carbonyl (C=O) groups excluding carboxylic acids is 1. The van der Waals surface area contributed by atoms with Crippen molar-refractivity contribution >= 4 is 11.8 Å². The molecule has 28 heavy (non-hydrogen) atoms. The van der Waals surface area contributed by atoms with E-state index in [2.05, 4.69) is 4.74 Å². The number of benzene rings is 2. The summed E-state index contributed by atoms with van der Waals surface area (Å²) >= 11 is 0. The molecule has 7 nitrogen and oxygen atoms in total. The number of hydrogen-bond acceptors (Lipinski definition) is 4. The first-order valence-electron chi connectivity index (χ1n) is 8.82. The maximum Gasteiger partial charge on any atom is 0.337 e. The molecule has 3 N–H and O–H groups in total. The number of carbonyl (C=O) groups is 1. The van der Waals surface area contributed by atoms with Crippen LogP contribution in [0.3, 0.4) is 0 Å². The van der Waals surface area contributed by atoms with Gasteiger partial charge in [-0.3, -0.25) is 19.3 Å². The number of imidazole rings is 1. The Bertz CT molecular complexity index is 1060. The maximum atomic E-state index is 12.9. The highest BCUT2D eigenvalue weighted by molar-refractivity contribution is 5.95. The molecule has 0 atom stereocenters. The lowest BCUT2D eigenvalue weighted by molar-refractivity contribution is -0.140. The molecule has 7 heteroatoms. The maximum absolute atomic E-state index is 12.9. The van der Waals surface area contributed by atoms with E-state index in [1.54, 1.807) is 39.6 Å². The molecule has 0 radical (unpaired) electrons. The van der Waals surface area contributed by atoms with E-state index in [-0.39, 0.29) is 17.5 Å². The predicted molar refractivity (Wildman–Crippen MR) is 107 cm³/mol. The fraction of sp³-hybridized carbons (Fsp3) is 0.190. The van der Waals surface area contributed by atoms with Crippen LogP contribution in [0.15, 0.2) is 59.5 Å². The van der Waals surface area contributed by atoms with Gasteiger partial charge in [-0.25, -0.2) is 4.79 Å². The van der Waals surface area contributed by atoms with Crippen molar-refractivity contribution < 1.29 is 9.53 Å². The third-order valence-electron chi connectivity index (χ3n) is 4.56. The Kier molecular flexibility index (Phi) is 5.44. The van der Waals surface area contributed by atoms with Crippen molar-refractivity contribution in [3.63, 3.8) is 0 Å². The zero-order valence-electron chi connectivity index (χ0n) is 15.8. The topological polar surface area (TPSA) is 103 Å². The number of nitrogens with two attached hydrogens (primary N) is 1. The molecule has 3 rings (SSSR count). The Morgan fingerprint density at radius 2 is 1.68 bits per heavy atom. The number of aromatic nitrogens is 2. The van der Waals surface area contributed by atoms with Gasteiger partial charge in [0.1, 0.15) is 5.84 Å². The Labute approximate surface area is 162 Å². The van der Waals surface area contributed by atoms with E-state index < -0.39 is 0 Å². The van der Waals surface area contributed by atoms with Gasteiger partial charge < -0.3 is 10.5 Å². The Balaban J connectivity index is 1.88. The smallest absolute Gasteiger partial charge is 0.337 e. The van der Waals surface area contributed by atoms with E-state index in [0.717, 1.165) is 16.9 Å². The van der Waals surface area contributed by atoms with Gasteiger partial charge in [0.15, 0.2) is 0 Å². The highest BCUT2D eigenvalue weighted by atomic mass is 16.5. The number of ether oxygens (including phenoxy) is 1. The molecular formula is C21H22N4O3. The first-order valence-corrected chi connectivity index (χ1v) is 8.82. The van der Waals surface area contributed by atoms with E-state index in [1.165, 1.54) is 7.11 Å². The molecule has 144 valence electrons. The van der Waals surface area contributed by atoms with Crippen molar-refractivity contribution in [1.82, 2.24) is 9.13 Å². The second kappa shape index (κ2) is 7.96. The molecule has 0 fully saturated rings. The van der Waals surface area contributed by atoms with Crippen molar-refractivity contribution in [2.45, 2.75) is 19.8 Å². The van der Waals surface area contributed by atoms with Gasteiger partial charge in [0, 0.05) is 23.9 Å². The molecular weight excluding hydrogens is 356 g/mol. The summed E-state index contributed by atoms with van der Waals surface area (Å²) in [5.74, 6) is -0.260. The van der Waals surface area contributed by atoms with Crippen LogP contribution in [0, 0.1) is 12.3 Å². The van der Waals surface area contributed by atoms with Gasteiger partial charge in [-0.15, -0.1) is 0 Å². The SMILES string of the molecule is COC(=O)CCc1ccc(-n2cc(C)n(-c3ccc(C(=N)N)cc3)c2=O)cc1. The van der Waals surface area contributed by atoms with E-state index >= 15 is 0 Å². The summed E-state index contributed by atoms with van der Waals surface area (Å²) in [7, 11) is 1.37. The normalized spacial score (nSPS) is 10.6. The van der Waals surface area contributed by atoms with Crippen molar-refractivity contribution in [1.29, 1.82) is 5.41 Å². The van der Waals surface area contributed by atoms with Gasteiger partial charge in [-0.05, 0) is 55.3 Å². The zero-order valence-corrected chi connectivity index (χ0v) is 15.8. The predicted octanol–water partition coefficient (Wildman–Crippen LogP) is 2.33. The molecule has 1 aromatic heterocycles. The number of amidine groups is 1. The van der Waals surface area contributed by atoms with Crippen LogP contribution in [0.2, 0.25) is 0 Å². The number of nitrogens with one attached hydrogen (secondary N) is 1. The van der Waals surface area contributed by atoms with E-state index in [1.807, 2.05) is 31.2 Å². The molecule has 0 bridgehead atoms. The fourth-order valence-electron chi connectivity index (χ4n) is 3.02. The van der Waals surface area contributed by atoms with Gasteiger partial charge in [0.05, 0.1) is 18.5 Å². The fourth-order valence-corrected chi connectivity index (χ4v) is 3.02. The molecule has 3 aromatic rings. The average molecular weight is 378 g/mol. The highest BCUT2D eigenvalue weighted by Crippen LogP contribution is 2.15. The van der Waals surface area contributed by atoms with Crippen LogP contribution < -0.4 is 11.4 Å². The second-order valence-electron chi connectivity index (χ2n) is 6.46. The number of nitrogens with zero attached hydrogens (tertiary/aromatic N) is 2. The van der Waals surface area contributed by atoms with Crippen LogP contribution in [0.4, 0.5) is 0 Å². The van der Waals surface area contributed by atoms with Gasteiger partial charge in [0.2, 0.25) is 0 Å². The monoisotopic (exact) mass is 378 g/mol. The summed E-state index contributed by atoms with van der Waals surface area (Å²) < 4.78 is 7.84. The summed E-state index contributed by atoms with van der Waals surface area (Å²) in [5.41, 5.74) is 9.15. The minimum atomic E-state index is -0.246. The van der Waals surface area contributed by atoms with Gasteiger partial charge >= 0.3 is 11.7 Å². The van der Waals surface area contributed by atoms with Crippen LogP contribution in [0.25, 0.3) is 11.4 Å². The number of rotatable bonds is 6. The minimum absolute atomic E-state index is 0.0134. The van der Waals surface area contributed by atoms with Crippen LogP contribution in [0.5, 0.6) is 0 Å². The van der Waals surface area contributed by atoms with E-state index in [9.17, 15) is 9.59 Å². The first-order chi connectivity index (χ1) is 13.4. The van der Waals surface area contributed by atoms with Crippen molar-refractivity contribution in [3.05, 3.63) is 82.0 Å². The molecule has 1 heterocycles. The molecule has 0 aliphatic carbocycles. The van der Waals surface area contributed by atoms with Crippen LogP contribution in [-0.4, -0.2) is 28.0 Å². The van der Waals surface area contributed by atoms with E-state index in [4.69, 9.17) is 11.1 Å². The number of esters is 1. The molecule has 2 aromatic carbocycles. The Morgan fingerprint density at radius 1 is 1.07 bits per heavy atom. The standard InChI is InChI=1S/C21H22N4O3/c1-14-13-24(17-8-3-15(4-9-17)5-12-19(26)28-2)21(27)25(14)18-10-6-16(7-11-18)20(22)23/h3-4,6-11,13H,5,12H2,1-2H3,(H3,22,23). The molecule has 0 saturated heterocycles. The molecule has 0 saturated carbocycles. The summed E-state index contributed by atoms with van der Waals surface area (Å²) in [5, 5.41) is 7.47. The zero-order chi connectivity index (χ0) is 20.3. The summed E-state index contributed by atoms with van der Waals surface area (Å²) in [6.07, 6.45) is 2.69. The number of methoxy groups -OCH3 is 1. The lowest BCUT2D eigenvalue weighted by Crippen LogP contribution is -2.22. The van der Waals surface area contributed by atoms with Crippen LogP contribution in [-0.2, 0) is 16.0 Å². The van der Waals surface area contributed by atoms with E-state index in [0.29, 0.717) is 24.1 Å². The number of aryl methyl sites for hydroxylation is 2. The van der Waals surface area contributed by atoms with Crippen LogP contribution >= 0.6 is 0 Å². The molecule has 0 unspecified atom stereocenters. The first kappa shape index (κ1) is 19.2. The molecule has 0 spiro atoms.